The molecule has 2 aliphatic rings. The third kappa shape index (κ3) is 2.34. The number of hydrogen-bond acceptors (Lipinski definition) is 2. The van der Waals surface area contributed by atoms with Crippen molar-refractivity contribution in [1.29, 1.82) is 5.26 Å². The predicted octanol–water partition coefficient (Wildman–Crippen LogP) is 4.03. The first kappa shape index (κ1) is 12.5. The highest BCUT2D eigenvalue weighted by molar-refractivity contribution is 5.61. The second-order valence-electron chi connectivity index (χ2n) is 6.08. The third-order valence-corrected chi connectivity index (χ3v) is 4.83. The summed E-state index contributed by atoms with van der Waals surface area (Å²) in [5.41, 5.74) is 3.20. The number of anilines is 1. The zero-order chi connectivity index (χ0) is 13.2. The van der Waals surface area contributed by atoms with Gasteiger partial charge >= 0.3 is 0 Å². The van der Waals surface area contributed by atoms with Gasteiger partial charge in [0.05, 0.1) is 11.3 Å². The Kier molecular flexibility index (Phi) is 3.46. The van der Waals surface area contributed by atoms with Gasteiger partial charge in [-0.1, -0.05) is 18.9 Å². The van der Waals surface area contributed by atoms with Gasteiger partial charge in [0.25, 0.3) is 0 Å². The van der Waals surface area contributed by atoms with Crippen molar-refractivity contribution in [3.8, 4) is 6.07 Å². The van der Waals surface area contributed by atoms with Crippen LogP contribution in [-0.2, 0) is 0 Å². The molecule has 19 heavy (non-hydrogen) atoms. The Bertz CT molecular complexity index is 498. The van der Waals surface area contributed by atoms with Crippen molar-refractivity contribution in [2.45, 2.75) is 51.5 Å². The van der Waals surface area contributed by atoms with Crippen LogP contribution >= 0.6 is 0 Å². The van der Waals surface area contributed by atoms with Gasteiger partial charge in [-0.2, -0.15) is 5.26 Å². The lowest BCUT2D eigenvalue weighted by Gasteiger charge is -2.45. The fourth-order valence-corrected chi connectivity index (χ4v) is 3.91. The lowest BCUT2D eigenvalue weighted by atomic mass is 9.78. The molecule has 0 spiro atoms. The van der Waals surface area contributed by atoms with Gasteiger partial charge in [0.15, 0.2) is 0 Å². The summed E-state index contributed by atoms with van der Waals surface area (Å²) in [7, 11) is 0. The average Bonchev–Trinajstić information content (AvgIpc) is 2.46. The number of piperidine rings is 1. The van der Waals surface area contributed by atoms with Crippen molar-refractivity contribution in [1.82, 2.24) is 0 Å². The molecule has 0 aromatic heterocycles. The van der Waals surface area contributed by atoms with Gasteiger partial charge in [-0.15, -0.1) is 0 Å². The van der Waals surface area contributed by atoms with E-state index < -0.39 is 0 Å². The molecule has 2 fully saturated rings. The molecule has 2 atom stereocenters. The summed E-state index contributed by atoms with van der Waals surface area (Å²) in [6.07, 6.45) is 8.10. The minimum Gasteiger partial charge on any atom is -0.367 e. The second-order valence-corrected chi connectivity index (χ2v) is 6.08. The molecule has 1 aromatic carbocycles. The molecular weight excluding hydrogens is 232 g/mol. The van der Waals surface area contributed by atoms with Crippen LogP contribution < -0.4 is 4.90 Å². The maximum atomic E-state index is 9.39. The average molecular weight is 254 g/mol. The molecule has 1 aromatic rings. The zero-order valence-electron chi connectivity index (χ0n) is 11.7. The summed E-state index contributed by atoms with van der Waals surface area (Å²) in [4.78, 5) is 2.53. The van der Waals surface area contributed by atoms with E-state index in [0.717, 1.165) is 18.0 Å². The van der Waals surface area contributed by atoms with Crippen molar-refractivity contribution in [3.05, 3.63) is 29.3 Å². The summed E-state index contributed by atoms with van der Waals surface area (Å²) in [6, 6.07) is 9.39. The summed E-state index contributed by atoms with van der Waals surface area (Å²) in [6.45, 7) is 3.18. The van der Waals surface area contributed by atoms with Gasteiger partial charge < -0.3 is 4.90 Å². The monoisotopic (exact) mass is 254 g/mol. The standard InChI is InChI=1S/C17H22N2/c1-13-8-9-17(15(11-13)12-18)19-10-4-6-14-5-2-3-7-16(14)19/h8-9,11,14,16H,2-7,10H2,1H3. The Morgan fingerprint density at radius 3 is 2.79 bits per heavy atom. The number of nitrogens with zero attached hydrogens (tertiary/aromatic N) is 2. The molecule has 1 aliphatic carbocycles. The zero-order valence-corrected chi connectivity index (χ0v) is 11.7. The lowest BCUT2D eigenvalue weighted by molar-refractivity contribution is 0.244. The molecule has 3 rings (SSSR count). The number of rotatable bonds is 1. The molecule has 1 saturated heterocycles. The Labute approximate surface area is 116 Å². The van der Waals surface area contributed by atoms with Crippen LogP contribution in [0.4, 0.5) is 5.69 Å². The highest BCUT2D eigenvalue weighted by atomic mass is 15.2. The van der Waals surface area contributed by atoms with Gasteiger partial charge in [0, 0.05) is 12.6 Å². The number of aryl methyl sites for hydroxylation is 1. The molecular formula is C17H22N2. The third-order valence-electron chi connectivity index (χ3n) is 4.83. The number of fused-ring (bicyclic) bond motifs is 1. The highest BCUT2D eigenvalue weighted by Gasteiger charge is 2.33. The summed E-state index contributed by atoms with van der Waals surface area (Å²) in [5.74, 6) is 0.857. The molecule has 0 N–H and O–H groups in total. The summed E-state index contributed by atoms with van der Waals surface area (Å²) >= 11 is 0. The maximum Gasteiger partial charge on any atom is 0.101 e. The molecule has 1 heterocycles. The van der Waals surface area contributed by atoms with Gasteiger partial charge in [0.1, 0.15) is 6.07 Å². The Balaban J connectivity index is 1.94. The second kappa shape index (κ2) is 5.25. The smallest absolute Gasteiger partial charge is 0.101 e. The first-order valence-corrected chi connectivity index (χ1v) is 7.57. The fourth-order valence-electron chi connectivity index (χ4n) is 3.91. The van der Waals surface area contributed by atoms with E-state index in [1.54, 1.807) is 0 Å². The van der Waals surface area contributed by atoms with Crippen LogP contribution in [0, 0.1) is 24.2 Å². The SMILES string of the molecule is Cc1ccc(N2CCCC3CCCCC32)c(C#N)c1. The van der Waals surface area contributed by atoms with E-state index in [1.807, 2.05) is 6.07 Å². The topological polar surface area (TPSA) is 27.0 Å². The van der Waals surface area contributed by atoms with Crippen LogP contribution in [0.5, 0.6) is 0 Å². The van der Waals surface area contributed by atoms with Crippen LogP contribution in [0.2, 0.25) is 0 Å². The van der Waals surface area contributed by atoms with Gasteiger partial charge in [-0.25, -0.2) is 0 Å². The minimum absolute atomic E-state index is 0.678. The molecule has 1 aliphatic heterocycles. The quantitative estimate of drug-likeness (QED) is 0.756. The molecule has 2 heteroatoms. The van der Waals surface area contributed by atoms with Crippen molar-refractivity contribution in [3.63, 3.8) is 0 Å². The van der Waals surface area contributed by atoms with E-state index in [-0.39, 0.29) is 0 Å². The maximum absolute atomic E-state index is 9.39. The molecule has 1 saturated carbocycles. The minimum atomic E-state index is 0.678. The number of hydrogen-bond donors (Lipinski definition) is 0. The molecule has 0 bridgehead atoms. The highest BCUT2D eigenvalue weighted by Crippen LogP contribution is 2.38. The van der Waals surface area contributed by atoms with Gasteiger partial charge in [0.2, 0.25) is 0 Å². The van der Waals surface area contributed by atoms with E-state index in [9.17, 15) is 5.26 Å². The van der Waals surface area contributed by atoms with E-state index in [4.69, 9.17) is 0 Å². The van der Waals surface area contributed by atoms with Crippen LogP contribution in [0.25, 0.3) is 0 Å². The first-order valence-electron chi connectivity index (χ1n) is 7.57. The van der Waals surface area contributed by atoms with E-state index in [2.05, 4.69) is 30.0 Å². The first-order chi connectivity index (χ1) is 9.29. The van der Waals surface area contributed by atoms with Crippen molar-refractivity contribution >= 4 is 5.69 Å². The molecule has 0 radical (unpaired) electrons. The molecule has 2 unspecified atom stereocenters. The molecule has 100 valence electrons. The van der Waals surface area contributed by atoms with E-state index >= 15 is 0 Å². The van der Waals surface area contributed by atoms with Gasteiger partial charge in [-0.3, -0.25) is 0 Å². The van der Waals surface area contributed by atoms with E-state index in [0.29, 0.717) is 6.04 Å². The predicted molar refractivity (Wildman–Crippen MR) is 78.2 cm³/mol. The Morgan fingerprint density at radius 2 is 1.95 bits per heavy atom. The lowest BCUT2D eigenvalue weighted by Crippen LogP contribution is -2.47. The fraction of sp³-hybridized carbons (Fsp3) is 0.588. The number of benzene rings is 1. The van der Waals surface area contributed by atoms with Gasteiger partial charge in [-0.05, 0) is 56.2 Å². The largest absolute Gasteiger partial charge is 0.367 e. The van der Waals surface area contributed by atoms with Crippen molar-refractivity contribution < 1.29 is 0 Å². The van der Waals surface area contributed by atoms with Crippen LogP contribution in [0.1, 0.15) is 49.7 Å². The molecule has 2 nitrogen and oxygen atoms in total. The van der Waals surface area contributed by atoms with Crippen molar-refractivity contribution in [2.24, 2.45) is 5.92 Å². The summed E-state index contributed by atoms with van der Waals surface area (Å²) < 4.78 is 0. The summed E-state index contributed by atoms with van der Waals surface area (Å²) in [5, 5.41) is 9.39. The van der Waals surface area contributed by atoms with Crippen molar-refractivity contribution in [2.75, 3.05) is 11.4 Å². The normalized spacial score (nSPS) is 26.6. The molecule has 0 amide bonds. The van der Waals surface area contributed by atoms with Crippen LogP contribution in [-0.4, -0.2) is 12.6 Å². The Morgan fingerprint density at radius 1 is 1.16 bits per heavy atom. The number of nitriles is 1. The van der Waals surface area contributed by atoms with Crippen LogP contribution in [0.15, 0.2) is 18.2 Å². The Hall–Kier alpha value is -1.49. The van der Waals surface area contributed by atoms with E-state index in [1.165, 1.54) is 49.8 Å². The van der Waals surface area contributed by atoms with Crippen LogP contribution in [0.3, 0.4) is 0 Å².